The van der Waals surface area contributed by atoms with Gasteiger partial charge in [-0.3, -0.25) is 19.9 Å². The molecule has 15 heteroatoms. The maximum absolute atomic E-state index is 14.4. The van der Waals surface area contributed by atoms with Gasteiger partial charge in [-0.1, -0.05) is 73.7 Å². The fraction of sp³-hybridized carbons (Fsp3) is 0.186. The summed E-state index contributed by atoms with van der Waals surface area (Å²) >= 11 is 0. The molecule has 4 aromatic carbocycles. The van der Waals surface area contributed by atoms with Crippen molar-refractivity contribution in [3.8, 4) is 17.2 Å². The number of nitrogens with zero attached hydrogens (tertiary/aromatic N) is 3. The summed E-state index contributed by atoms with van der Waals surface area (Å²) in [4.78, 5) is 70.5. The number of aromatic nitrogens is 1. The van der Waals surface area contributed by atoms with Crippen LogP contribution in [-0.2, 0) is 25.6 Å². The SMILES string of the molecule is C[C@@]1(COC(=O)NCc2ccc(O)c(O)c2)CC2/C(=C\c3cc(C(=O)Oc4ccc([N+](=O)[O-])cc4)ccn3)C(=O)N2[C@H]1C(=O)OC(c1ccccc1)c1ccccc1. The number of phenolic OH excluding ortho intramolecular Hbond substituents is 2. The molecule has 7 rings (SSSR count). The number of rotatable bonds is 12. The van der Waals surface area contributed by atoms with Gasteiger partial charge in [-0.2, -0.15) is 0 Å². The van der Waals surface area contributed by atoms with Crippen molar-refractivity contribution < 1.29 is 48.5 Å². The molecule has 294 valence electrons. The fourth-order valence-electron chi connectivity index (χ4n) is 7.12. The first kappa shape index (κ1) is 38.7. The van der Waals surface area contributed by atoms with Crippen LogP contribution in [-0.4, -0.2) is 67.6 Å². The lowest BCUT2D eigenvalue weighted by Gasteiger charge is -2.41. The van der Waals surface area contributed by atoms with Crippen LogP contribution in [0, 0.1) is 15.5 Å². The van der Waals surface area contributed by atoms with Crippen LogP contribution in [0.3, 0.4) is 0 Å². The highest BCUT2D eigenvalue weighted by molar-refractivity contribution is 6.08. The minimum Gasteiger partial charge on any atom is -0.504 e. The van der Waals surface area contributed by atoms with Crippen LogP contribution in [0.25, 0.3) is 6.08 Å². The highest BCUT2D eigenvalue weighted by Gasteiger charge is 2.63. The zero-order chi connectivity index (χ0) is 41.0. The number of phenols is 2. The number of nitro benzene ring substituents is 1. The number of hydrogen-bond acceptors (Lipinski definition) is 12. The number of ether oxygens (including phenoxy) is 3. The molecule has 0 saturated carbocycles. The number of hydrogen-bond donors (Lipinski definition) is 3. The Bertz CT molecular complexity index is 2370. The normalized spacial score (nSPS) is 18.9. The molecule has 3 heterocycles. The second-order valence-corrected chi connectivity index (χ2v) is 14.1. The van der Waals surface area contributed by atoms with E-state index in [1.807, 2.05) is 60.7 Å². The third kappa shape index (κ3) is 8.18. The molecule has 0 spiro atoms. The van der Waals surface area contributed by atoms with Gasteiger partial charge in [0.1, 0.15) is 18.4 Å². The molecule has 0 radical (unpaired) electrons. The number of fused-ring (bicyclic) bond motifs is 1. The molecule has 0 aliphatic carbocycles. The summed E-state index contributed by atoms with van der Waals surface area (Å²) in [5.41, 5.74) is 1.30. The Morgan fingerprint density at radius 1 is 0.948 bits per heavy atom. The van der Waals surface area contributed by atoms with Crippen molar-refractivity contribution in [3.05, 3.63) is 165 Å². The lowest BCUT2D eigenvalue weighted by Crippen LogP contribution is -2.58. The standard InChI is InChI=1S/C43H36N4O11/c1-43(25-56-42(53)45-24-26-12-17-35(48)36(49)20-26)23-34-33(22-30-21-29(18-19-44-30)40(51)57-32-15-13-31(14-16-32)47(54)55)39(50)46(34)38(43)41(52)58-37(27-8-4-2-5-9-27)28-10-6-3-7-11-28/h2-22,34,37-38,48-49H,23-25H2,1H3,(H,45,53)/b33-22+/t34?,38-,43-/m0/s1. The number of nitro groups is 1. The zero-order valence-corrected chi connectivity index (χ0v) is 30.9. The molecule has 2 saturated heterocycles. The number of aromatic hydroxyl groups is 2. The maximum atomic E-state index is 14.4. The van der Waals surface area contributed by atoms with Gasteiger partial charge in [-0.15, -0.1) is 0 Å². The number of nitrogens with one attached hydrogen (secondary N) is 1. The van der Waals surface area contributed by atoms with Crippen LogP contribution >= 0.6 is 0 Å². The lowest BCUT2D eigenvalue weighted by molar-refractivity contribution is -0.384. The second-order valence-electron chi connectivity index (χ2n) is 14.1. The van der Waals surface area contributed by atoms with Crippen molar-refractivity contribution >= 4 is 35.7 Å². The van der Waals surface area contributed by atoms with E-state index in [2.05, 4.69) is 10.3 Å². The third-order valence-corrected chi connectivity index (χ3v) is 10.0. The second kappa shape index (κ2) is 16.3. The van der Waals surface area contributed by atoms with Crippen LogP contribution in [0.5, 0.6) is 17.2 Å². The molecule has 1 unspecified atom stereocenters. The Kier molecular flexibility index (Phi) is 10.9. The van der Waals surface area contributed by atoms with Crippen LogP contribution in [0.15, 0.2) is 127 Å². The summed E-state index contributed by atoms with van der Waals surface area (Å²) in [6, 6.07) is 28.6. The summed E-state index contributed by atoms with van der Waals surface area (Å²) in [5, 5.41) is 33.0. The predicted octanol–water partition coefficient (Wildman–Crippen LogP) is 6.25. The monoisotopic (exact) mass is 784 g/mol. The van der Waals surface area contributed by atoms with Gasteiger partial charge in [0.15, 0.2) is 17.6 Å². The van der Waals surface area contributed by atoms with Crippen LogP contribution in [0.4, 0.5) is 10.5 Å². The minimum atomic E-state index is -1.17. The number of benzene rings is 4. The number of carbonyl (C=O) groups is 4. The van der Waals surface area contributed by atoms with Crippen LogP contribution in [0.1, 0.15) is 52.2 Å². The summed E-state index contributed by atoms with van der Waals surface area (Å²) in [6.45, 7) is 1.43. The Morgan fingerprint density at radius 2 is 1.62 bits per heavy atom. The van der Waals surface area contributed by atoms with Crippen molar-refractivity contribution in [3.63, 3.8) is 0 Å². The van der Waals surface area contributed by atoms with E-state index >= 15 is 0 Å². The molecular formula is C43H36N4O11. The summed E-state index contributed by atoms with van der Waals surface area (Å²) in [5.74, 6) is -2.48. The van der Waals surface area contributed by atoms with Gasteiger partial charge in [0.05, 0.1) is 22.2 Å². The number of carbonyl (C=O) groups excluding carboxylic acids is 4. The minimum absolute atomic E-state index is 0.0295. The first-order chi connectivity index (χ1) is 27.9. The predicted molar refractivity (Wildman–Crippen MR) is 206 cm³/mol. The van der Waals surface area contributed by atoms with Crippen molar-refractivity contribution in [2.75, 3.05) is 6.61 Å². The van der Waals surface area contributed by atoms with Crippen LogP contribution in [0.2, 0.25) is 0 Å². The van der Waals surface area contributed by atoms with Gasteiger partial charge in [0.25, 0.3) is 11.6 Å². The summed E-state index contributed by atoms with van der Waals surface area (Å²) in [6.07, 6.45) is 1.47. The van der Waals surface area contributed by atoms with E-state index in [1.54, 1.807) is 6.92 Å². The van der Waals surface area contributed by atoms with Crippen molar-refractivity contribution in [2.24, 2.45) is 5.41 Å². The number of esters is 2. The number of β-lactam (4-membered cyclic amide) rings is 1. The molecule has 58 heavy (non-hydrogen) atoms. The van der Waals surface area contributed by atoms with Gasteiger partial charge in [-0.25, -0.2) is 14.4 Å². The van der Waals surface area contributed by atoms with Crippen molar-refractivity contribution in [1.29, 1.82) is 0 Å². The van der Waals surface area contributed by atoms with E-state index < -0.39 is 52.5 Å². The molecule has 2 aliphatic rings. The van der Waals surface area contributed by atoms with Crippen molar-refractivity contribution in [1.82, 2.24) is 15.2 Å². The fourth-order valence-corrected chi connectivity index (χ4v) is 7.12. The molecule has 0 bridgehead atoms. The first-order valence-electron chi connectivity index (χ1n) is 18.1. The maximum Gasteiger partial charge on any atom is 0.407 e. The van der Waals surface area contributed by atoms with E-state index in [4.69, 9.17) is 14.2 Å². The molecule has 1 aromatic heterocycles. The lowest BCUT2D eigenvalue weighted by atomic mass is 9.81. The Hall–Kier alpha value is -7.55. The van der Waals surface area contributed by atoms with E-state index in [0.717, 1.165) is 0 Å². The molecule has 15 nitrogen and oxygen atoms in total. The molecule has 2 amide bonds. The van der Waals surface area contributed by atoms with Crippen LogP contribution < -0.4 is 10.1 Å². The zero-order valence-electron chi connectivity index (χ0n) is 30.9. The largest absolute Gasteiger partial charge is 0.504 e. The Morgan fingerprint density at radius 3 is 2.26 bits per heavy atom. The van der Waals surface area contributed by atoms with Gasteiger partial charge in [-0.05, 0) is 65.6 Å². The Labute approximate surface area is 331 Å². The number of non-ortho nitro benzene ring substituents is 1. The number of amides is 2. The van der Waals surface area contributed by atoms with Crippen molar-refractivity contribution in [2.45, 2.75) is 38.1 Å². The third-order valence-electron chi connectivity index (χ3n) is 10.0. The first-order valence-corrected chi connectivity index (χ1v) is 18.1. The van der Waals surface area contributed by atoms with Gasteiger partial charge >= 0.3 is 18.0 Å². The van der Waals surface area contributed by atoms with E-state index in [0.29, 0.717) is 22.3 Å². The average molecular weight is 785 g/mol. The van der Waals surface area contributed by atoms with Gasteiger partial charge < -0.3 is 34.6 Å². The topological polar surface area (TPSA) is 208 Å². The summed E-state index contributed by atoms with van der Waals surface area (Å²) < 4.78 is 17.3. The molecule has 3 N–H and O–H groups in total. The van der Waals surface area contributed by atoms with E-state index in [1.165, 1.54) is 71.8 Å². The average Bonchev–Trinajstić information content (AvgIpc) is 3.51. The molecule has 5 aromatic rings. The Balaban J connectivity index is 1.12. The molecular weight excluding hydrogens is 748 g/mol. The highest BCUT2D eigenvalue weighted by Crippen LogP contribution is 2.51. The quantitative estimate of drug-likeness (QED) is 0.0244. The number of pyridine rings is 1. The smallest absolute Gasteiger partial charge is 0.407 e. The molecule has 2 aliphatic heterocycles. The molecule has 2 fully saturated rings. The van der Waals surface area contributed by atoms with E-state index in [9.17, 15) is 39.5 Å². The molecule has 3 atom stereocenters. The highest BCUT2D eigenvalue weighted by atomic mass is 16.6. The number of alkyl carbamates (subject to hydrolysis) is 1. The summed E-state index contributed by atoms with van der Waals surface area (Å²) in [7, 11) is 0. The van der Waals surface area contributed by atoms with E-state index in [-0.39, 0.29) is 53.8 Å². The van der Waals surface area contributed by atoms with Gasteiger partial charge in [0.2, 0.25) is 0 Å². The van der Waals surface area contributed by atoms with Gasteiger partial charge in [0, 0.05) is 35.9 Å².